The maximum Gasteiger partial charge on any atom is 0.0965 e. The molecule has 4 N–H and O–H groups in total. The number of aliphatic hydroxyl groups is 4. The molecule has 0 heterocycles. The lowest BCUT2D eigenvalue weighted by molar-refractivity contribution is -0.335. The van der Waals surface area contributed by atoms with Crippen LogP contribution in [0, 0.1) is 23.7 Å². The highest BCUT2D eigenvalue weighted by atomic mass is 16.4. The van der Waals surface area contributed by atoms with Crippen molar-refractivity contribution in [2.24, 2.45) is 23.7 Å². The van der Waals surface area contributed by atoms with Gasteiger partial charge in [-0.15, -0.1) is 0 Å². The predicted octanol–water partition coefficient (Wildman–Crippen LogP) is -0.504. The van der Waals surface area contributed by atoms with Crippen molar-refractivity contribution in [3.63, 3.8) is 0 Å². The van der Waals surface area contributed by atoms with Crippen LogP contribution in [0.1, 0.15) is 26.7 Å². The quantitative estimate of drug-likeness (QED) is 0.450. The van der Waals surface area contributed by atoms with Crippen molar-refractivity contribution in [2.75, 3.05) is 0 Å². The van der Waals surface area contributed by atoms with Gasteiger partial charge in [0, 0.05) is 5.92 Å². The van der Waals surface area contributed by atoms with Gasteiger partial charge < -0.3 is 20.4 Å². The Morgan fingerprint density at radius 3 is 1.62 bits per heavy atom. The van der Waals surface area contributed by atoms with Crippen molar-refractivity contribution in [3.05, 3.63) is 0 Å². The maximum atomic E-state index is 10.5. The first-order valence-electron chi connectivity index (χ1n) is 6.13. The monoisotopic (exact) mass is 228 g/mol. The molecule has 2 unspecified atom stereocenters. The summed E-state index contributed by atoms with van der Waals surface area (Å²) in [6.07, 6.45) is -0.726. The summed E-state index contributed by atoms with van der Waals surface area (Å²) in [7, 11) is 0. The summed E-state index contributed by atoms with van der Waals surface area (Å²) in [5.41, 5.74) is -2.43. The van der Waals surface area contributed by atoms with Gasteiger partial charge in [-0.25, -0.2) is 0 Å². The molecule has 4 bridgehead atoms. The molecule has 4 nitrogen and oxygen atoms in total. The lowest BCUT2D eigenvalue weighted by Crippen LogP contribution is -2.78. The first kappa shape index (κ1) is 11.0. The Bertz CT molecular complexity index is 303. The summed E-state index contributed by atoms with van der Waals surface area (Å²) >= 11 is 0. The van der Waals surface area contributed by atoms with Gasteiger partial charge in [-0.2, -0.15) is 0 Å². The van der Waals surface area contributed by atoms with Gasteiger partial charge in [0.25, 0.3) is 0 Å². The van der Waals surface area contributed by atoms with Gasteiger partial charge in [-0.3, -0.25) is 0 Å². The van der Waals surface area contributed by atoms with E-state index < -0.39 is 29.3 Å². The zero-order valence-electron chi connectivity index (χ0n) is 9.67. The third kappa shape index (κ3) is 0.919. The van der Waals surface area contributed by atoms with Gasteiger partial charge in [0.15, 0.2) is 0 Å². The molecule has 0 amide bonds. The highest BCUT2D eigenvalue weighted by Crippen LogP contribution is 2.62. The van der Waals surface area contributed by atoms with Gasteiger partial charge >= 0.3 is 0 Å². The molecule has 0 aromatic heterocycles. The van der Waals surface area contributed by atoms with Crippen molar-refractivity contribution in [1.29, 1.82) is 0 Å². The van der Waals surface area contributed by atoms with Crippen LogP contribution in [0.3, 0.4) is 0 Å². The highest BCUT2D eigenvalue weighted by Gasteiger charge is 2.71. The molecule has 4 fully saturated rings. The van der Waals surface area contributed by atoms with Crippen LogP contribution >= 0.6 is 0 Å². The fourth-order valence-electron chi connectivity index (χ4n) is 4.52. The summed E-state index contributed by atoms with van der Waals surface area (Å²) < 4.78 is 0. The van der Waals surface area contributed by atoms with E-state index >= 15 is 0 Å². The molecule has 4 saturated carbocycles. The molecule has 6 atom stereocenters. The minimum atomic E-state index is -1.21. The first-order valence-corrected chi connectivity index (χ1v) is 6.13. The zero-order valence-corrected chi connectivity index (χ0v) is 9.67. The first-order chi connectivity index (χ1) is 7.32. The standard InChI is InChI=1S/C12H20O4/c1-5-7-3-11(15)6(2)12(16,9(7)13)4-8(5)10(11)14/h5-10,13-16H,3-4H2,1-2H3/t5?,6?,7-,8-,9?,10?,11+,12+/m0/s1. The second-order valence-corrected chi connectivity index (χ2v) is 6.19. The summed E-state index contributed by atoms with van der Waals surface area (Å²) in [6, 6.07) is 0. The van der Waals surface area contributed by atoms with Crippen LogP contribution in [0.4, 0.5) is 0 Å². The average molecular weight is 228 g/mol. The minimum Gasteiger partial charge on any atom is -0.390 e. The molecule has 0 saturated heterocycles. The Hall–Kier alpha value is -0.160. The SMILES string of the molecule is CC1[C@@H]2C[C@]3(O)C(O)[C@H]1C[C@](O)(C2O)C3C. The Balaban J connectivity index is 2.11. The minimum absolute atomic E-state index is 0.0895. The van der Waals surface area contributed by atoms with Crippen molar-refractivity contribution in [3.8, 4) is 0 Å². The predicted molar refractivity (Wildman–Crippen MR) is 56.5 cm³/mol. The normalized spacial score (nSPS) is 68.6. The van der Waals surface area contributed by atoms with E-state index in [-0.39, 0.29) is 17.8 Å². The fourth-order valence-corrected chi connectivity index (χ4v) is 4.52. The highest BCUT2D eigenvalue weighted by molar-refractivity contribution is 5.21. The van der Waals surface area contributed by atoms with Crippen molar-refractivity contribution >= 4 is 0 Å². The van der Waals surface area contributed by atoms with Crippen LogP contribution in [-0.4, -0.2) is 43.8 Å². The molecule has 4 rings (SSSR count). The molecular weight excluding hydrogens is 208 g/mol. The lowest BCUT2D eigenvalue weighted by Gasteiger charge is -2.67. The molecule has 0 radical (unpaired) electrons. The summed E-state index contributed by atoms with van der Waals surface area (Å²) in [6.45, 7) is 3.73. The van der Waals surface area contributed by atoms with Crippen molar-refractivity contribution < 1.29 is 20.4 Å². The van der Waals surface area contributed by atoms with Crippen molar-refractivity contribution in [2.45, 2.75) is 50.1 Å². The van der Waals surface area contributed by atoms with E-state index in [4.69, 9.17) is 0 Å². The molecule has 0 aromatic carbocycles. The molecule has 92 valence electrons. The third-order valence-corrected chi connectivity index (χ3v) is 5.81. The van der Waals surface area contributed by atoms with Crippen molar-refractivity contribution in [1.82, 2.24) is 0 Å². The van der Waals surface area contributed by atoms with Gasteiger partial charge in [-0.1, -0.05) is 13.8 Å². The second-order valence-electron chi connectivity index (χ2n) is 6.19. The van der Waals surface area contributed by atoms with E-state index in [0.717, 1.165) is 0 Å². The van der Waals surface area contributed by atoms with E-state index in [2.05, 4.69) is 0 Å². The average Bonchev–Trinajstić information content (AvgIpc) is 2.24. The Morgan fingerprint density at radius 1 is 0.875 bits per heavy atom. The Labute approximate surface area is 94.9 Å². The molecule has 4 aliphatic carbocycles. The second kappa shape index (κ2) is 2.80. The summed E-state index contributed by atoms with van der Waals surface area (Å²) in [5, 5.41) is 41.4. The summed E-state index contributed by atoms with van der Waals surface area (Å²) in [4.78, 5) is 0. The molecule has 4 aliphatic rings. The molecule has 0 spiro atoms. The van der Waals surface area contributed by atoms with E-state index in [1.807, 2.05) is 6.92 Å². The zero-order chi connectivity index (χ0) is 11.9. The smallest absolute Gasteiger partial charge is 0.0965 e. The van der Waals surface area contributed by atoms with E-state index in [0.29, 0.717) is 12.8 Å². The Kier molecular flexibility index (Phi) is 1.92. The molecule has 4 heteroatoms. The topological polar surface area (TPSA) is 80.9 Å². The van der Waals surface area contributed by atoms with E-state index in [1.165, 1.54) is 0 Å². The van der Waals surface area contributed by atoms with Crippen LogP contribution in [0.25, 0.3) is 0 Å². The molecule has 16 heavy (non-hydrogen) atoms. The largest absolute Gasteiger partial charge is 0.390 e. The van der Waals surface area contributed by atoms with Crippen LogP contribution < -0.4 is 0 Å². The van der Waals surface area contributed by atoms with Gasteiger partial charge in [0.1, 0.15) is 0 Å². The van der Waals surface area contributed by atoms with Crippen LogP contribution in [0.2, 0.25) is 0 Å². The van der Waals surface area contributed by atoms with Gasteiger partial charge in [0.05, 0.1) is 23.4 Å². The van der Waals surface area contributed by atoms with Gasteiger partial charge in [-0.05, 0) is 30.6 Å². The van der Waals surface area contributed by atoms with Crippen LogP contribution in [0.5, 0.6) is 0 Å². The van der Waals surface area contributed by atoms with Crippen LogP contribution in [0.15, 0.2) is 0 Å². The number of hydrogen-bond donors (Lipinski definition) is 4. The third-order valence-electron chi connectivity index (χ3n) is 5.81. The number of rotatable bonds is 0. The van der Waals surface area contributed by atoms with E-state index in [9.17, 15) is 20.4 Å². The van der Waals surface area contributed by atoms with Crippen LogP contribution in [-0.2, 0) is 0 Å². The lowest BCUT2D eigenvalue weighted by atomic mass is 9.43. The molecular formula is C12H20O4. The molecule has 0 aromatic rings. The van der Waals surface area contributed by atoms with E-state index in [1.54, 1.807) is 6.92 Å². The fraction of sp³-hybridized carbons (Fsp3) is 1.00. The Morgan fingerprint density at radius 2 is 1.25 bits per heavy atom. The molecule has 0 aliphatic heterocycles. The summed E-state index contributed by atoms with van der Waals surface area (Å²) in [5.74, 6) is -0.482. The maximum absolute atomic E-state index is 10.5. The van der Waals surface area contributed by atoms with Gasteiger partial charge in [0.2, 0.25) is 0 Å². The number of aliphatic hydroxyl groups excluding tert-OH is 2. The number of hydrogen-bond acceptors (Lipinski definition) is 4.